The summed E-state index contributed by atoms with van der Waals surface area (Å²) >= 11 is 3.15. The molecule has 0 spiro atoms. The van der Waals surface area contributed by atoms with Crippen molar-refractivity contribution in [3.05, 3.63) is 40.1 Å². The Morgan fingerprint density at radius 1 is 1.30 bits per heavy atom. The number of aryl methyl sites for hydroxylation is 2. The van der Waals surface area contributed by atoms with Gasteiger partial charge < -0.3 is 9.88 Å². The molecular weight excluding hydrogens is 496 g/mol. The van der Waals surface area contributed by atoms with Crippen LogP contribution in [0.3, 0.4) is 0 Å². The number of pyridine rings is 1. The zero-order chi connectivity index (χ0) is 22.5. The minimum atomic E-state index is -4.88. The lowest BCUT2D eigenvalue weighted by Crippen LogP contribution is -2.62. The number of sulfonamides is 1. The van der Waals surface area contributed by atoms with Crippen molar-refractivity contribution >= 4 is 37.5 Å². The molecule has 7 nitrogen and oxygen atoms in total. The molecule has 2 aromatic heterocycles. The van der Waals surface area contributed by atoms with E-state index in [0.717, 1.165) is 10.8 Å². The first-order valence-electron chi connectivity index (χ1n) is 8.67. The molecule has 164 valence electrons. The first kappa shape index (κ1) is 22.7. The highest BCUT2D eigenvalue weighted by Gasteiger charge is 2.60. The topological polar surface area (TPSA) is 93.1 Å². The zero-order valence-electron chi connectivity index (χ0n) is 15.8. The van der Waals surface area contributed by atoms with Crippen molar-refractivity contribution in [3.63, 3.8) is 0 Å². The maximum absolute atomic E-state index is 14.9. The van der Waals surface area contributed by atoms with Crippen molar-refractivity contribution in [1.82, 2.24) is 14.3 Å². The maximum atomic E-state index is 14.9. The molecule has 0 aromatic carbocycles. The molecule has 0 aliphatic heterocycles. The average Bonchev–Trinajstić information content (AvgIpc) is 2.84. The second-order valence-corrected chi connectivity index (χ2v) is 9.54. The van der Waals surface area contributed by atoms with E-state index in [2.05, 4.69) is 26.2 Å². The first-order valence-corrected chi connectivity index (χ1v) is 10.9. The molecule has 2 aromatic rings. The molecule has 3 rings (SSSR count). The quantitative estimate of drug-likeness (QED) is 0.472. The number of carbonyl (C=O) groups is 1. The number of hydrogen-bond acceptors (Lipinski definition) is 4. The molecular formula is C17H17BrF4N4O3S. The van der Waals surface area contributed by atoms with Gasteiger partial charge in [-0.05, 0) is 54.2 Å². The molecule has 1 aliphatic rings. The molecule has 0 saturated heterocycles. The van der Waals surface area contributed by atoms with Crippen molar-refractivity contribution in [2.24, 2.45) is 7.05 Å². The van der Waals surface area contributed by atoms with Gasteiger partial charge in [0, 0.05) is 24.6 Å². The van der Waals surface area contributed by atoms with Crippen LogP contribution in [-0.4, -0.2) is 35.6 Å². The van der Waals surface area contributed by atoms with Crippen LogP contribution < -0.4 is 10.0 Å². The van der Waals surface area contributed by atoms with Crippen LogP contribution in [0.4, 0.5) is 23.2 Å². The molecule has 30 heavy (non-hydrogen) atoms. The van der Waals surface area contributed by atoms with E-state index in [4.69, 9.17) is 0 Å². The average molecular weight is 513 g/mol. The van der Waals surface area contributed by atoms with Crippen LogP contribution in [0.1, 0.15) is 35.4 Å². The third-order valence-corrected chi connectivity index (χ3v) is 6.78. The Hall–Kier alpha value is -1.99. The van der Waals surface area contributed by atoms with Crippen molar-refractivity contribution in [2.45, 2.75) is 42.8 Å². The van der Waals surface area contributed by atoms with Crippen molar-refractivity contribution in [2.75, 3.05) is 5.32 Å². The summed E-state index contributed by atoms with van der Waals surface area (Å²) in [6.07, 6.45) is -4.74. The van der Waals surface area contributed by atoms with Crippen LogP contribution in [0.15, 0.2) is 27.8 Å². The normalized spacial score (nSPS) is 16.2. The van der Waals surface area contributed by atoms with Gasteiger partial charge in [-0.1, -0.05) is 0 Å². The Kier molecular flexibility index (Phi) is 5.75. The molecule has 0 unspecified atom stereocenters. The summed E-state index contributed by atoms with van der Waals surface area (Å²) in [5, 5.41) is 2.42. The van der Waals surface area contributed by atoms with Crippen LogP contribution in [0, 0.1) is 12.7 Å². The van der Waals surface area contributed by atoms with E-state index in [-0.39, 0.29) is 12.1 Å². The van der Waals surface area contributed by atoms with E-state index < -0.39 is 56.9 Å². The Bertz CT molecular complexity index is 1090. The Labute approximate surface area is 178 Å². The molecule has 0 bridgehead atoms. The van der Waals surface area contributed by atoms with Crippen molar-refractivity contribution < 1.29 is 30.8 Å². The van der Waals surface area contributed by atoms with Gasteiger partial charge in [-0.25, -0.2) is 17.8 Å². The summed E-state index contributed by atoms with van der Waals surface area (Å²) in [5.74, 6) is -2.41. The van der Waals surface area contributed by atoms with Gasteiger partial charge in [-0.3, -0.25) is 4.79 Å². The number of amides is 1. The largest absolute Gasteiger partial charge is 0.407 e. The molecule has 0 radical (unpaired) electrons. The zero-order valence-corrected chi connectivity index (χ0v) is 18.2. The monoisotopic (exact) mass is 512 g/mol. The summed E-state index contributed by atoms with van der Waals surface area (Å²) < 4.78 is 82.8. The number of aromatic nitrogens is 2. The van der Waals surface area contributed by atoms with E-state index >= 15 is 0 Å². The van der Waals surface area contributed by atoms with E-state index in [1.54, 1.807) is 11.6 Å². The summed E-state index contributed by atoms with van der Waals surface area (Å²) in [7, 11) is -3.66. The van der Waals surface area contributed by atoms with E-state index in [1.807, 2.05) is 0 Å². The van der Waals surface area contributed by atoms with Crippen LogP contribution in [0.25, 0.3) is 0 Å². The lowest BCUT2D eigenvalue weighted by Gasteiger charge is -2.43. The Balaban J connectivity index is 1.92. The minimum absolute atomic E-state index is 0.188. The molecule has 1 saturated carbocycles. The van der Waals surface area contributed by atoms with Gasteiger partial charge in [-0.2, -0.15) is 17.9 Å². The number of hydrogen-bond donors (Lipinski definition) is 2. The number of halogens is 5. The highest BCUT2D eigenvalue weighted by atomic mass is 79.9. The summed E-state index contributed by atoms with van der Waals surface area (Å²) in [6.45, 7) is 1.66. The third kappa shape index (κ3) is 4.10. The van der Waals surface area contributed by atoms with Crippen molar-refractivity contribution in [1.29, 1.82) is 0 Å². The molecule has 0 atom stereocenters. The smallest absolute Gasteiger partial charge is 0.343 e. The summed E-state index contributed by atoms with van der Waals surface area (Å²) in [5.41, 5.74) is -2.45. The molecule has 1 aliphatic carbocycles. The molecule has 2 N–H and O–H groups in total. The van der Waals surface area contributed by atoms with E-state index in [0.29, 0.717) is 10.3 Å². The Morgan fingerprint density at radius 3 is 2.43 bits per heavy atom. The number of alkyl halides is 3. The highest BCUT2D eigenvalue weighted by molar-refractivity contribution is 9.10. The minimum Gasteiger partial charge on any atom is -0.343 e. The van der Waals surface area contributed by atoms with Gasteiger partial charge in [0.15, 0.2) is 5.82 Å². The lowest BCUT2D eigenvalue weighted by atomic mass is 9.77. The number of anilines is 1. The van der Waals surface area contributed by atoms with Gasteiger partial charge in [0.2, 0.25) is 10.0 Å². The third-order valence-electron chi connectivity index (χ3n) is 4.85. The molecule has 13 heteroatoms. The number of rotatable bonds is 5. The second-order valence-electron chi connectivity index (χ2n) is 7.08. The SMILES string of the molecule is Cc1cc(NC(=O)c2c(F)c(S(=O)(=O)NC3(C(F)(F)F)CCC3)cn2C)cc(Br)n1. The predicted molar refractivity (Wildman–Crippen MR) is 103 cm³/mol. The molecule has 1 amide bonds. The van der Waals surface area contributed by atoms with Crippen LogP contribution in [0.5, 0.6) is 0 Å². The highest BCUT2D eigenvalue weighted by Crippen LogP contribution is 2.46. The van der Waals surface area contributed by atoms with Crippen LogP contribution in [-0.2, 0) is 17.1 Å². The summed E-state index contributed by atoms with van der Waals surface area (Å²) in [4.78, 5) is 15.6. The Morgan fingerprint density at radius 2 is 1.93 bits per heavy atom. The number of carbonyl (C=O) groups excluding carboxylic acids is 1. The van der Waals surface area contributed by atoms with Crippen LogP contribution in [0.2, 0.25) is 0 Å². The molecule has 2 heterocycles. The van der Waals surface area contributed by atoms with E-state index in [9.17, 15) is 30.8 Å². The van der Waals surface area contributed by atoms with Gasteiger partial charge in [0.25, 0.3) is 5.91 Å². The number of nitrogens with zero attached hydrogens (tertiary/aromatic N) is 2. The fourth-order valence-corrected chi connectivity index (χ4v) is 5.29. The fraction of sp³-hybridized carbons (Fsp3) is 0.412. The van der Waals surface area contributed by atoms with Crippen molar-refractivity contribution in [3.8, 4) is 0 Å². The molecule has 1 fully saturated rings. The maximum Gasteiger partial charge on any atom is 0.407 e. The number of nitrogens with one attached hydrogen (secondary N) is 2. The van der Waals surface area contributed by atoms with Gasteiger partial charge >= 0.3 is 6.18 Å². The van der Waals surface area contributed by atoms with E-state index in [1.165, 1.54) is 19.2 Å². The van der Waals surface area contributed by atoms with Gasteiger partial charge in [0.1, 0.15) is 20.7 Å². The van der Waals surface area contributed by atoms with Gasteiger partial charge in [-0.15, -0.1) is 0 Å². The predicted octanol–water partition coefficient (Wildman–Crippen LogP) is 3.65. The van der Waals surface area contributed by atoms with Crippen LogP contribution >= 0.6 is 15.9 Å². The fourth-order valence-electron chi connectivity index (χ4n) is 3.19. The summed E-state index contributed by atoms with van der Waals surface area (Å²) in [6, 6.07) is 2.96. The van der Waals surface area contributed by atoms with Gasteiger partial charge in [0.05, 0.1) is 0 Å². The second kappa shape index (κ2) is 7.61. The standard InChI is InChI=1S/C17H17BrF4N4O3S/c1-9-6-10(7-12(18)23-9)24-15(27)14-13(19)11(8-26(14)2)30(28,29)25-16(4-3-5-16)17(20,21)22/h6-8,25H,3-5H2,1-2H3,(H,23,24,27). The lowest BCUT2D eigenvalue weighted by molar-refractivity contribution is -0.212. The first-order chi connectivity index (χ1) is 13.8.